The highest BCUT2D eigenvalue weighted by molar-refractivity contribution is 7.98. The third-order valence-corrected chi connectivity index (χ3v) is 6.76. The van der Waals surface area contributed by atoms with Crippen LogP contribution in [0.15, 0.2) is 70.6 Å². The van der Waals surface area contributed by atoms with E-state index in [0.717, 1.165) is 17.5 Å². The van der Waals surface area contributed by atoms with Crippen LogP contribution in [0, 0.1) is 0 Å². The number of hydrogen-bond acceptors (Lipinski definition) is 8. The van der Waals surface area contributed by atoms with E-state index in [9.17, 15) is 8.42 Å². The molecule has 4 rings (SSSR count). The zero-order valence-corrected chi connectivity index (χ0v) is 21.6. The average molecular weight is 511 g/mol. The normalized spacial score (nSPS) is 11.7. The quantitative estimate of drug-likeness (QED) is 0.217. The van der Waals surface area contributed by atoms with Gasteiger partial charge in [-0.2, -0.15) is 10.1 Å². The van der Waals surface area contributed by atoms with Crippen molar-refractivity contribution in [2.24, 2.45) is 0 Å². The zero-order valence-electron chi connectivity index (χ0n) is 19.9. The summed E-state index contributed by atoms with van der Waals surface area (Å²) >= 11 is 1.54. The van der Waals surface area contributed by atoms with Gasteiger partial charge in [0.1, 0.15) is 23.1 Å². The molecule has 35 heavy (non-hydrogen) atoms. The lowest BCUT2D eigenvalue weighted by Gasteiger charge is -2.14. The molecular formula is C25H26N4O4S2. The second-order valence-corrected chi connectivity index (χ2v) is 11.1. The summed E-state index contributed by atoms with van der Waals surface area (Å²) in [4.78, 5) is 4.74. The van der Waals surface area contributed by atoms with Crippen LogP contribution in [0.5, 0.6) is 0 Å². The molecule has 0 unspecified atom stereocenters. The number of sulfone groups is 1. The fourth-order valence-corrected chi connectivity index (χ4v) is 4.46. The van der Waals surface area contributed by atoms with E-state index in [1.165, 1.54) is 23.9 Å². The number of thioether (sulfide) groups is 1. The molecule has 8 nitrogen and oxygen atoms in total. The van der Waals surface area contributed by atoms with Crippen LogP contribution in [0.25, 0.3) is 34.4 Å². The Morgan fingerprint density at radius 1 is 1.17 bits per heavy atom. The van der Waals surface area contributed by atoms with E-state index in [1.807, 2.05) is 24.5 Å². The van der Waals surface area contributed by atoms with Crippen molar-refractivity contribution in [2.45, 2.75) is 24.7 Å². The molecule has 2 aromatic carbocycles. The van der Waals surface area contributed by atoms with Crippen molar-refractivity contribution in [3.8, 4) is 28.7 Å². The smallest absolute Gasteiger partial charge is 0.258 e. The van der Waals surface area contributed by atoms with Crippen molar-refractivity contribution < 1.29 is 17.7 Å². The maximum absolute atomic E-state index is 12.0. The lowest BCUT2D eigenvalue weighted by atomic mass is 10.0. The van der Waals surface area contributed by atoms with Crippen molar-refractivity contribution in [2.75, 3.05) is 18.5 Å². The second kappa shape index (κ2) is 10.1. The monoisotopic (exact) mass is 510 g/mol. The predicted octanol–water partition coefficient (Wildman–Crippen LogP) is 5.42. The predicted molar refractivity (Wildman–Crippen MR) is 138 cm³/mol. The van der Waals surface area contributed by atoms with Crippen molar-refractivity contribution in [3.63, 3.8) is 0 Å². The summed E-state index contributed by atoms with van der Waals surface area (Å²) in [6, 6.07) is 16.2. The molecule has 0 atom stereocenters. The van der Waals surface area contributed by atoms with Crippen LogP contribution in [-0.4, -0.2) is 46.8 Å². The lowest BCUT2D eigenvalue weighted by molar-refractivity contribution is 0.348. The summed E-state index contributed by atoms with van der Waals surface area (Å²) in [5, 5.41) is 8.94. The van der Waals surface area contributed by atoms with E-state index in [0.29, 0.717) is 34.5 Å². The maximum Gasteiger partial charge on any atom is 0.258 e. The van der Waals surface area contributed by atoms with Crippen LogP contribution >= 0.6 is 11.8 Å². The van der Waals surface area contributed by atoms with E-state index in [-0.39, 0.29) is 16.7 Å². The number of para-hydroxylation sites is 1. The average Bonchev–Trinajstić information content (AvgIpc) is 3.50. The molecule has 0 aliphatic heterocycles. The van der Waals surface area contributed by atoms with Gasteiger partial charge in [-0.3, -0.25) is 0 Å². The molecular weight excluding hydrogens is 484 g/mol. The Hall–Kier alpha value is -3.37. The summed E-state index contributed by atoms with van der Waals surface area (Å²) in [7, 11) is -3.38. The molecule has 0 fully saturated rings. The SMILES string of the molecule is C=C(OCSC)c1cc(-c2noc(-c3cccc(S(C)(=O)=O)c3)n2)n(-c2ccccc2C(C)C)n1. The summed E-state index contributed by atoms with van der Waals surface area (Å²) in [5.74, 6) is 1.65. The Bertz CT molecular complexity index is 1470. The number of nitrogens with zero attached hydrogens (tertiary/aromatic N) is 4. The first-order valence-corrected chi connectivity index (χ1v) is 14.1. The number of benzene rings is 2. The first kappa shape index (κ1) is 24.7. The molecule has 0 radical (unpaired) electrons. The summed E-state index contributed by atoms with van der Waals surface area (Å²) in [5.41, 5.74) is 3.64. The summed E-state index contributed by atoms with van der Waals surface area (Å²) in [6.07, 6.45) is 3.10. The summed E-state index contributed by atoms with van der Waals surface area (Å²) in [6.45, 7) is 8.25. The standard InChI is InChI=1S/C25H26N4O4S2/c1-16(2)20-11-6-7-12-22(20)29-23(14-21(27-29)17(3)32-15-34-4)24-26-25(33-28-24)18-9-8-10-19(13-18)35(5,30)31/h6-14,16H,3,15H2,1-2,4-5H3. The lowest BCUT2D eigenvalue weighted by Crippen LogP contribution is -2.05. The highest BCUT2D eigenvalue weighted by Crippen LogP contribution is 2.31. The summed E-state index contributed by atoms with van der Waals surface area (Å²) < 4.78 is 36.9. The van der Waals surface area contributed by atoms with Gasteiger partial charge in [0, 0.05) is 11.8 Å². The third kappa shape index (κ3) is 5.33. The van der Waals surface area contributed by atoms with Crippen LogP contribution < -0.4 is 0 Å². The zero-order chi connectivity index (χ0) is 25.2. The highest BCUT2D eigenvalue weighted by Gasteiger charge is 2.22. The van der Waals surface area contributed by atoms with Gasteiger partial charge in [0.15, 0.2) is 9.84 Å². The fraction of sp³-hybridized carbons (Fsp3) is 0.240. The number of aromatic nitrogens is 4. The minimum absolute atomic E-state index is 0.176. The molecule has 4 aromatic rings. The van der Waals surface area contributed by atoms with Crippen LogP contribution in [0.4, 0.5) is 0 Å². The van der Waals surface area contributed by atoms with Gasteiger partial charge in [0.25, 0.3) is 5.89 Å². The van der Waals surface area contributed by atoms with E-state index in [1.54, 1.807) is 22.9 Å². The third-order valence-electron chi connectivity index (χ3n) is 5.30. The Balaban J connectivity index is 1.83. The molecule has 2 heterocycles. The van der Waals surface area contributed by atoms with Crippen LogP contribution in [0.1, 0.15) is 31.0 Å². The van der Waals surface area contributed by atoms with Crippen molar-refractivity contribution in [1.29, 1.82) is 0 Å². The van der Waals surface area contributed by atoms with Crippen LogP contribution in [0.2, 0.25) is 0 Å². The first-order chi connectivity index (χ1) is 16.7. The highest BCUT2D eigenvalue weighted by atomic mass is 32.2. The Kier molecular flexibility index (Phi) is 7.13. The maximum atomic E-state index is 12.0. The molecule has 0 saturated carbocycles. The van der Waals surface area contributed by atoms with Gasteiger partial charge in [-0.25, -0.2) is 13.1 Å². The molecule has 0 saturated heterocycles. The Morgan fingerprint density at radius 3 is 2.66 bits per heavy atom. The van der Waals surface area contributed by atoms with Crippen molar-refractivity contribution in [3.05, 3.63) is 72.4 Å². The minimum Gasteiger partial charge on any atom is -0.481 e. The van der Waals surface area contributed by atoms with Gasteiger partial charge in [-0.05, 0) is 48.1 Å². The molecule has 2 aromatic heterocycles. The topological polar surface area (TPSA) is 100 Å². The second-order valence-electron chi connectivity index (χ2n) is 8.24. The van der Waals surface area contributed by atoms with Crippen molar-refractivity contribution in [1.82, 2.24) is 19.9 Å². The van der Waals surface area contributed by atoms with Gasteiger partial charge in [0.2, 0.25) is 5.82 Å². The first-order valence-electron chi connectivity index (χ1n) is 10.8. The van der Waals surface area contributed by atoms with E-state index >= 15 is 0 Å². The molecule has 0 spiro atoms. The molecule has 0 N–H and O–H groups in total. The minimum atomic E-state index is -3.38. The van der Waals surface area contributed by atoms with Gasteiger partial charge >= 0.3 is 0 Å². The number of ether oxygens (including phenoxy) is 1. The van der Waals surface area contributed by atoms with Gasteiger partial charge in [-0.15, -0.1) is 11.8 Å². The largest absolute Gasteiger partial charge is 0.481 e. The van der Waals surface area contributed by atoms with Crippen LogP contribution in [0.3, 0.4) is 0 Å². The van der Waals surface area contributed by atoms with Gasteiger partial charge in [-0.1, -0.05) is 49.8 Å². The number of rotatable bonds is 9. The fourth-order valence-electron chi connectivity index (χ4n) is 3.54. The molecule has 0 aliphatic rings. The van der Waals surface area contributed by atoms with Crippen LogP contribution in [-0.2, 0) is 14.6 Å². The molecule has 0 aliphatic carbocycles. The van der Waals surface area contributed by atoms with Gasteiger partial charge in [0.05, 0.1) is 10.6 Å². The van der Waals surface area contributed by atoms with Gasteiger partial charge < -0.3 is 9.26 Å². The Labute approximate surface area is 208 Å². The van der Waals surface area contributed by atoms with E-state index in [4.69, 9.17) is 14.4 Å². The molecule has 0 bridgehead atoms. The molecule has 10 heteroatoms. The molecule has 0 amide bonds. The van der Waals surface area contributed by atoms with E-state index < -0.39 is 9.84 Å². The van der Waals surface area contributed by atoms with Crippen molar-refractivity contribution >= 4 is 27.4 Å². The molecule has 182 valence electrons. The van der Waals surface area contributed by atoms with E-state index in [2.05, 4.69) is 36.6 Å². The number of hydrogen-bond donors (Lipinski definition) is 0. The Morgan fingerprint density at radius 2 is 1.94 bits per heavy atom.